The third-order valence-electron chi connectivity index (χ3n) is 1.57. The summed E-state index contributed by atoms with van der Waals surface area (Å²) >= 11 is 0. The Bertz CT molecular complexity index is 328. The summed E-state index contributed by atoms with van der Waals surface area (Å²) in [6.45, 7) is 0. The second-order valence-corrected chi connectivity index (χ2v) is 2.36. The average Bonchev–Trinajstić information content (AvgIpc) is 2.16. The minimum Gasteiger partial charge on any atom is -0.496 e. The molecule has 0 aliphatic rings. The predicted octanol–water partition coefficient (Wildman–Crippen LogP) is -0.756. The van der Waals surface area contributed by atoms with Crippen molar-refractivity contribution in [3.8, 4) is 5.75 Å². The minimum absolute atomic E-state index is 0.212. The van der Waals surface area contributed by atoms with E-state index >= 15 is 0 Å². The molecule has 0 aromatic carbocycles. The van der Waals surface area contributed by atoms with Crippen LogP contribution in [0.2, 0.25) is 0 Å². The number of methoxy groups -OCH3 is 1. The van der Waals surface area contributed by atoms with Crippen LogP contribution in [-0.4, -0.2) is 32.9 Å². The monoisotopic (exact) mass is 176 g/mol. The molecule has 1 amide bonds. The van der Waals surface area contributed by atoms with Crippen LogP contribution in [0.1, 0.15) is 10.5 Å². The SMILES string of the molecule is [B]c1nc(C(=O)NC)ccc1OC. The number of aromatic nitrogens is 1. The van der Waals surface area contributed by atoms with E-state index in [-0.39, 0.29) is 17.2 Å². The Morgan fingerprint density at radius 2 is 2.31 bits per heavy atom. The summed E-state index contributed by atoms with van der Waals surface area (Å²) in [6, 6.07) is 3.15. The zero-order valence-corrected chi connectivity index (χ0v) is 7.50. The topological polar surface area (TPSA) is 51.2 Å². The van der Waals surface area contributed by atoms with Crippen LogP contribution in [0.5, 0.6) is 5.75 Å². The highest BCUT2D eigenvalue weighted by Gasteiger charge is 2.06. The minimum atomic E-state index is -0.269. The molecule has 0 spiro atoms. The fourth-order valence-electron chi connectivity index (χ4n) is 0.889. The summed E-state index contributed by atoms with van der Waals surface area (Å²) in [4.78, 5) is 15.0. The van der Waals surface area contributed by atoms with E-state index < -0.39 is 0 Å². The lowest BCUT2D eigenvalue weighted by atomic mass is 10.0. The van der Waals surface area contributed by atoms with Crippen LogP contribution in [0.25, 0.3) is 0 Å². The first-order chi connectivity index (χ1) is 6.19. The van der Waals surface area contributed by atoms with Gasteiger partial charge in [0, 0.05) is 12.6 Å². The standard InChI is InChI=1S/C8H9BN2O2/c1-10-8(12)5-3-4-6(13-2)7(9)11-5/h3-4H,1-2H3,(H,10,12). The number of carbonyl (C=O) groups is 1. The average molecular weight is 176 g/mol. The number of pyridine rings is 1. The van der Waals surface area contributed by atoms with Crippen LogP contribution in [0, 0.1) is 0 Å². The van der Waals surface area contributed by atoms with E-state index in [1.807, 2.05) is 0 Å². The van der Waals surface area contributed by atoms with Crippen LogP contribution >= 0.6 is 0 Å². The van der Waals surface area contributed by atoms with Gasteiger partial charge < -0.3 is 10.1 Å². The lowest BCUT2D eigenvalue weighted by Crippen LogP contribution is -2.23. The van der Waals surface area contributed by atoms with Gasteiger partial charge in [0.2, 0.25) is 0 Å². The zero-order valence-electron chi connectivity index (χ0n) is 7.50. The van der Waals surface area contributed by atoms with Gasteiger partial charge in [-0.3, -0.25) is 9.78 Å². The highest BCUT2D eigenvalue weighted by atomic mass is 16.5. The number of amides is 1. The van der Waals surface area contributed by atoms with Crippen molar-refractivity contribution >= 4 is 19.3 Å². The highest BCUT2D eigenvalue weighted by molar-refractivity contribution is 6.32. The number of hydrogen-bond acceptors (Lipinski definition) is 3. The maximum atomic E-state index is 11.1. The number of hydrogen-bond donors (Lipinski definition) is 1. The van der Waals surface area contributed by atoms with Crippen molar-refractivity contribution in [3.05, 3.63) is 17.8 Å². The Balaban J connectivity index is 3.02. The molecule has 0 aliphatic carbocycles. The second-order valence-electron chi connectivity index (χ2n) is 2.36. The van der Waals surface area contributed by atoms with E-state index in [1.165, 1.54) is 14.2 Å². The van der Waals surface area contributed by atoms with Gasteiger partial charge in [0.25, 0.3) is 5.91 Å². The Morgan fingerprint density at radius 1 is 1.62 bits per heavy atom. The van der Waals surface area contributed by atoms with Gasteiger partial charge in [0.15, 0.2) is 0 Å². The quantitative estimate of drug-likeness (QED) is 0.602. The molecule has 13 heavy (non-hydrogen) atoms. The number of ether oxygens (including phenoxy) is 1. The molecule has 1 heterocycles. The Labute approximate surface area is 77.7 Å². The molecule has 0 saturated heterocycles. The molecule has 4 nitrogen and oxygen atoms in total. The van der Waals surface area contributed by atoms with E-state index in [2.05, 4.69) is 10.3 Å². The third kappa shape index (κ3) is 1.99. The maximum absolute atomic E-state index is 11.1. The summed E-state index contributed by atoms with van der Waals surface area (Å²) in [5, 5.41) is 2.45. The van der Waals surface area contributed by atoms with Gasteiger partial charge >= 0.3 is 0 Å². The van der Waals surface area contributed by atoms with Gasteiger partial charge in [-0.15, -0.1) is 0 Å². The van der Waals surface area contributed by atoms with Crippen molar-refractivity contribution in [1.82, 2.24) is 10.3 Å². The van der Waals surface area contributed by atoms with E-state index in [9.17, 15) is 4.79 Å². The smallest absolute Gasteiger partial charge is 0.269 e. The molecule has 0 bridgehead atoms. The van der Waals surface area contributed by atoms with Crippen LogP contribution in [-0.2, 0) is 0 Å². The maximum Gasteiger partial charge on any atom is 0.269 e. The van der Waals surface area contributed by atoms with E-state index in [0.29, 0.717) is 5.75 Å². The molecular formula is C8H9BN2O2. The second kappa shape index (κ2) is 3.93. The first-order valence-corrected chi connectivity index (χ1v) is 3.71. The molecule has 0 unspecified atom stereocenters. The lowest BCUT2D eigenvalue weighted by Gasteiger charge is -2.05. The number of rotatable bonds is 2. The van der Waals surface area contributed by atoms with Crippen molar-refractivity contribution in [1.29, 1.82) is 0 Å². The lowest BCUT2D eigenvalue weighted by molar-refractivity contribution is 0.0958. The molecule has 1 aromatic heterocycles. The molecular weight excluding hydrogens is 167 g/mol. The largest absolute Gasteiger partial charge is 0.496 e. The zero-order chi connectivity index (χ0) is 9.84. The summed E-state index contributed by atoms with van der Waals surface area (Å²) in [6.07, 6.45) is 0. The summed E-state index contributed by atoms with van der Waals surface area (Å²) in [5.41, 5.74) is 0.490. The van der Waals surface area contributed by atoms with Crippen molar-refractivity contribution < 1.29 is 9.53 Å². The van der Waals surface area contributed by atoms with Crippen molar-refractivity contribution in [3.63, 3.8) is 0 Å². The Hall–Kier alpha value is -1.52. The molecule has 1 rings (SSSR count). The van der Waals surface area contributed by atoms with Gasteiger partial charge in [-0.1, -0.05) is 0 Å². The fraction of sp³-hybridized carbons (Fsp3) is 0.250. The Kier molecular flexibility index (Phi) is 2.90. The molecule has 5 heteroatoms. The normalized spacial score (nSPS) is 9.38. The van der Waals surface area contributed by atoms with Crippen LogP contribution < -0.4 is 15.6 Å². The number of nitrogens with one attached hydrogen (secondary N) is 1. The van der Waals surface area contributed by atoms with Crippen LogP contribution in [0.3, 0.4) is 0 Å². The van der Waals surface area contributed by atoms with Crippen molar-refractivity contribution in [2.45, 2.75) is 0 Å². The highest BCUT2D eigenvalue weighted by Crippen LogP contribution is 2.04. The summed E-state index contributed by atoms with van der Waals surface area (Å²) < 4.78 is 4.89. The fourth-order valence-corrected chi connectivity index (χ4v) is 0.889. The van der Waals surface area contributed by atoms with Gasteiger partial charge in [0.05, 0.1) is 7.11 Å². The number of nitrogens with zero attached hydrogens (tertiary/aromatic N) is 1. The van der Waals surface area contributed by atoms with Gasteiger partial charge in [-0.05, 0) is 12.1 Å². The summed E-state index contributed by atoms with van der Waals surface area (Å²) in [7, 11) is 8.53. The van der Waals surface area contributed by atoms with E-state index in [4.69, 9.17) is 12.6 Å². The van der Waals surface area contributed by atoms with E-state index in [0.717, 1.165) is 0 Å². The van der Waals surface area contributed by atoms with E-state index in [1.54, 1.807) is 12.1 Å². The molecule has 66 valence electrons. The van der Waals surface area contributed by atoms with Crippen LogP contribution in [0.15, 0.2) is 12.1 Å². The van der Waals surface area contributed by atoms with Gasteiger partial charge in [0.1, 0.15) is 19.3 Å². The summed E-state index contributed by atoms with van der Waals surface area (Å²) in [5.74, 6) is 0.196. The number of carbonyl (C=O) groups excluding carboxylic acids is 1. The Morgan fingerprint density at radius 3 is 2.77 bits per heavy atom. The molecule has 2 radical (unpaired) electrons. The third-order valence-corrected chi connectivity index (χ3v) is 1.57. The van der Waals surface area contributed by atoms with Crippen molar-refractivity contribution in [2.75, 3.05) is 14.2 Å². The van der Waals surface area contributed by atoms with Crippen molar-refractivity contribution in [2.24, 2.45) is 0 Å². The first-order valence-electron chi connectivity index (χ1n) is 3.71. The molecule has 1 aromatic rings. The molecule has 0 atom stereocenters. The molecule has 1 N–H and O–H groups in total. The van der Waals surface area contributed by atoms with Crippen LogP contribution in [0.4, 0.5) is 0 Å². The molecule has 0 fully saturated rings. The molecule has 0 saturated carbocycles. The van der Waals surface area contributed by atoms with Gasteiger partial charge in [-0.25, -0.2) is 0 Å². The van der Waals surface area contributed by atoms with Gasteiger partial charge in [-0.2, -0.15) is 0 Å². The molecule has 0 aliphatic heterocycles. The predicted molar refractivity (Wildman–Crippen MR) is 49.6 cm³/mol. The first kappa shape index (κ1) is 9.57.